The number of aliphatic carboxylic acids is 1. The summed E-state index contributed by atoms with van der Waals surface area (Å²) >= 11 is 1.89. The topological polar surface area (TPSA) is 60.9 Å². The zero-order valence-corrected chi connectivity index (χ0v) is 12.4. The van der Waals surface area contributed by atoms with Gasteiger partial charge in [-0.2, -0.15) is 11.8 Å². The molecule has 0 aliphatic carbocycles. The summed E-state index contributed by atoms with van der Waals surface area (Å²) in [6.45, 7) is 6.84. The van der Waals surface area contributed by atoms with Gasteiger partial charge in [-0.05, 0) is 26.7 Å². The Morgan fingerprint density at radius 1 is 1.26 bits per heavy atom. The first kappa shape index (κ1) is 14.5. The van der Waals surface area contributed by atoms with Crippen molar-refractivity contribution in [3.63, 3.8) is 0 Å². The molecule has 2 aliphatic heterocycles. The summed E-state index contributed by atoms with van der Waals surface area (Å²) in [6, 6.07) is 0.0133. The van der Waals surface area contributed by atoms with E-state index in [0.717, 1.165) is 25.3 Å². The lowest BCUT2D eigenvalue weighted by Crippen LogP contribution is -2.54. The fourth-order valence-electron chi connectivity index (χ4n) is 2.73. The SMILES string of the molecule is CC1(C)CN(C(=O)N2CCC[C@H](C(=O)O)C2)CCS1. The van der Waals surface area contributed by atoms with E-state index >= 15 is 0 Å². The van der Waals surface area contributed by atoms with Gasteiger partial charge in [0.25, 0.3) is 0 Å². The van der Waals surface area contributed by atoms with Gasteiger partial charge in [-0.3, -0.25) is 4.79 Å². The van der Waals surface area contributed by atoms with Crippen LogP contribution in [-0.2, 0) is 4.79 Å². The number of amides is 2. The van der Waals surface area contributed by atoms with Crippen molar-refractivity contribution in [2.45, 2.75) is 31.4 Å². The molecule has 1 N–H and O–H groups in total. The van der Waals surface area contributed by atoms with Gasteiger partial charge in [0, 0.05) is 36.7 Å². The number of carbonyl (C=O) groups is 2. The second-order valence-electron chi connectivity index (χ2n) is 5.94. The van der Waals surface area contributed by atoms with Crippen molar-refractivity contribution in [3.05, 3.63) is 0 Å². The van der Waals surface area contributed by atoms with Gasteiger partial charge < -0.3 is 14.9 Å². The molecule has 0 saturated carbocycles. The molecule has 19 heavy (non-hydrogen) atoms. The van der Waals surface area contributed by atoms with E-state index in [1.165, 1.54) is 0 Å². The number of carboxylic acid groups (broad SMARTS) is 1. The highest BCUT2D eigenvalue weighted by Crippen LogP contribution is 2.30. The summed E-state index contributed by atoms with van der Waals surface area (Å²) in [5.74, 6) is -0.230. The van der Waals surface area contributed by atoms with Gasteiger partial charge in [0.05, 0.1) is 5.92 Å². The summed E-state index contributed by atoms with van der Waals surface area (Å²) in [7, 11) is 0. The molecule has 2 saturated heterocycles. The number of nitrogens with zero attached hydrogens (tertiary/aromatic N) is 2. The van der Waals surface area contributed by atoms with E-state index in [0.29, 0.717) is 19.5 Å². The largest absolute Gasteiger partial charge is 0.481 e. The smallest absolute Gasteiger partial charge is 0.320 e. The van der Waals surface area contributed by atoms with Gasteiger partial charge >= 0.3 is 12.0 Å². The number of hydrogen-bond acceptors (Lipinski definition) is 3. The Morgan fingerprint density at radius 3 is 2.63 bits per heavy atom. The standard InChI is InChI=1S/C13H22N2O3S/c1-13(2)9-15(6-7-19-13)12(18)14-5-3-4-10(8-14)11(16)17/h10H,3-9H2,1-2H3,(H,16,17)/t10-/m0/s1. The Morgan fingerprint density at radius 2 is 2.00 bits per heavy atom. The highest BCUT2D eigenvalue weighted by molar-refractivity contribution is 8.00. The molecule has 0 aromatic rings. The molecule has 6 heteroatoms. The fourth-order valence-corrected chi connectivity index (χ4v) is 3.84. The van der Waals surface area contributed by atoms with Gasteiger partial charge in [-0.15, -0.1) is 0 Å². The number of urea groups is 1. The van der Waals surface area contributed by atoms with E-state index < -0.39 is 11.9 Å². The molecule has 108 valence electrons. The van der Waals surface area contributed by atoms with Crippen LogP contribution in [-0.4, -0.2) is 63.6 Å². The van der Waals surface area contributed by atoms with Crippen LogP contribution in [0.25, 0.3) is 0 Å². The van der Waals surface area contributed by atoms with Crippen molar-refractivity contribution in [1.29, 1.82) is 0 Å². The monoisotopic (exact) mass is 286 g/mol. The summed E-state index contributed by atoms with van der Waals surface area (Å²) in [4.78, 5) is 27.1. The summed E-state index contributed by atoms with van der Waals surface area (Å²) < 4.78 is 0.0932. The molecule has 2 rings (SSSR count). The lowest BCUT2D eigenvalue weighted by molar-refractivity contribution is -0.143. The van der Waals surface area contributed by atoms with E-state index in [9.17, 15) is 9.59 Å². The molecule has 0 aromatic heterocycles. The number of likely N-dealkylation sites (tertiary alicyclic amines) is 1. The first-order valence-electron chi connectivity index (χ1n) is 6.80. The first-order chi connectivity index (χ1) is 8.89. The Balaban J connectivity index is 1.97. The second-order valence-corrected chi connectivity index (χ2v) is 7.74. The van der Waals surface area contributed by atoms with Crippen LogP contribution >= 0.6 is 11.8 Å². The highest BCUT2D eigenvalue weighted by Gasteiger charge is 2.34. The lowest BCUT2D eigenvalue weighted by atomic mass is 9.98. The summed E-state index contributed by atoms with van der Waals surface area (Å²) in [5.41, 5.74) is 0. The van der Waals surface area contributed by atoms with Gasteiger partial charge in [-0.25, -0.2) is 4.79 Å². The maximum atomic E-state index is 12.5. The van der Waals surface area contributed by atoms with E-state index in [4.69, 9.17) is 5.11 Å². The first-order valence-corrected chi connectivity index (χ1v) is 7.78. The molecule has 2 aliphatic rings. The average molecular weight is 286 g/mol. The molecule has 1 atom stereocenters. The van der Waals surface area contributed by atoms with Crippen molar-refractivity contribution in [3.8, 4) is 0 Å². The molecule has 2 amide bonds. The van der Waals surface area contributed by atoms with Crippen molar-refractivity contribution in [2.24, 2.45) is 5.92 Å². The van der Waals surface area contributed by atoms with Gasteiger partial charge in [0.2, 0.25) is 0 Å². The minimum absolute atomic E-state index is 0.0133. The van der Waals surface area contributed by atoms with Crippen LogP contribution in [0.3, 0.4) is 0 Å². The molecule has 0 aromatic carbocycles. The third-order valence-electron chi connectivity index (χ3n) is 3.74. The van der Waals surface area contributed by atoms with Crippen LogP contribution in [0.4, 0.5) is 4.79 Å². The van der Waals surface area contributed by atoms with Crippen LogP contribution < -0.4 is 0 Å². The number of thioether (sulfide) groups is 1. The van der Waals surface area contributed by atoms with Crippen LogP contribution in [0.15, 0.2) is 0 Å². The van der Waals surface area contributed by atoms with Crippen LogP contribution in [0.1, 0.15) is 26.7 Å². The van der Waals surface area contributed by atoms with Crippen molar-refractivity contribution >= 4 is 23.8 Å². The van der Waals surface area contributed by atoms with Crippen molar-refractivity contribution < 1.29 is 14.7 Å². The van der Waals surface area contributed by atoms with Gasteiger partial charge in [-0.1, -0.05) is 0 Å². The minimum Gasteiger partial charge on any atom is -0.481 e. The van der Waals surface area contributed by atoms with E-state index in [-0.39, 0.29) is 10.8 Å². The molecule has 0 radical (unpaired) electrons. The number of carbonyl (C=O) groups excluding carboxylic acids is 1. The Hall–Kier alpha value is -0.910. The van der Waals surface area contributed by atoms with Crippen molar-refractivity contribution in [2.75, 3.05) is 31.9 Å². The average Bonchev–Trinajstić information content (AvgIpc) is 2.37. The van der Waals surface area contributed by atoms with Crippen LogP contribution in [0.2, 0.25) is 0 Å². The third kappa shape index (κ3) is 3.55. The maximum Gasteiger partial charge on any atom is 0.320 e. The second kappa shape index (κ2) is 5.61. The molecule has 0 unspecified atom stereocenters. The zero-order valence-electron chi connectivity index (χ0n) is 11.6. The molecule has 5 nitrogen and oxygen atoms in total. The maximum absolute atomic E-state index is 12.5. The molecule has 2 heterocycles. The van der Waals surface area contributed by atoms with Crippen molar-refractivity contribution in [1.82, 2.24) is 9.80 Å². The molecule has 2 fully saturated rings. The van der Waals surface area contributed by atoms with Gasteiger partial charge in [0.15, 0.2) is 0 Å². The number of carboxylic acids is 1. The predicted molar refractivity (Wildman–Crippen MR) is 75.4 cm³/mol. The third-order valence-corrected chi connectivity index (χ3v) is 5.03. The number of hydrogen-bond donors (Lipinski definition) is 1. The fraction of sp³-hybridized carbons (Fsp3) is 0.846. The van der Waals surface area contributed by atoms with Crippen LogP contribution in [0, 0.1) is 5.92 Å². The quantitative estimate of drug-likeness (QED) is 0.797. The lowest BCUT2D eigenvalue weighted by Gasteiger charge is -2.41. The Kier molecular flexibility index (Phi) is 4.28. The molecular formula is C13H22N2O3S. The number of rotatable bonds is 1. The van der Waals surface area contributed by atoms with E-state index in [1.54, 1.807) is 4.90 Å². The molecule has 0 bridgehead atoms. The van der Waals surface area contributed by atoms with E-state index in [1.807, 2.05) is 16.7 Å². The molecular weight excluding hydrogens is 264 g/mol. The normalized spacial score (nSPS) is 27.2. The summed E-state index contributed by atoms with van der Waals surface area (Å²) in [5, 5.41) is 9.08. The highest BCUT2D eigenvalue weighted by atomic mass is 32.2. The Bertz CT molecular complexity index is 373. The Labute approximate surface area is 118 Å². The van der Waals surface area contributed by atoms with Gasteiger partial charge in [0.1, 0.15) is 0 Å². The molecule has 0 spiro atoms. The van der Waals surface area contributed by atoms with E-state index in [2.05, 4.69) is 13.8 Å². The minimum atomic E-state index is -0.785. The summed E-state index contributed by atoms with van der Waals surface area (Å²) in [6.07, 6.45) is 1.47. The zero-order chi connectivity index (χ0) is 14.0. The number of piperidine rings is 1. The van der Waals surface area contributed by atoms with Crippen LogP contribution in [0.5, 0.6) is 0 Å². The predicted octanol–water partition coefficient (Wildman–Crippen LogP) is 1.73.